The van der Waals surface area contributed by atoms with Crippen LogP contribution in [0.15, 0.2) is 24.3 Å². The normalized spacial score (nSPS) is 22.3. The van der Waals surface area contributed by atoms with E-state index < -0.39 is 6.10 Å². The molecule has 3 heterocycles. The summed E-state index contributed by atoms with van der Waals surface area (Å²) in [6.07, 6.45) is 5.14. The molecule has 1 aliphatic carbocycles. The molecule has 5 rings (SSSR count). The molecule has 3 aliphatic rings. The smallest absolute Gasteiger partial charge is 0.265 e. The van der Waals surface area contributed by atoms with Gasteiger partial charge < -0.3 is 14.5 Å². The van der Waals surface area contributed by atoms with Crippen LogP contribution >= 0.6 is 0 Å². The number of anilines is 1. The minimum Gasteiger partial charge on any atom is -0.477 e. The topological polar surface area (TPSA) is 76.4 Å². The van der Waals surface area contributed by atoms with Crippen molar-refractivity contribution in [1.82, 2.24) is 25.1 Å². The number of para-hydroxylation sites is 2. The first kappa shape index (κ1) is 16.5. The fourth-order valence-corrected chi connectivity index (χ4v) is 3.99. The van der Waals surface area contributed by atoms with Gasteiger partial charge in [0.25, 0.3) is 5.91 Å². The molecule has 1 atom stereocenters. The highest BCUT2D eigenvalue weighted by molar-refractivity contribution is 5.83. The van der Waals surface area contributed by atoms with Gasteiger partial charge in [0.15, 0.2) is 11.9 Å². The number of rotatable bonds is 4. The second-order valence-corrected chi connectivity index (χ2v) is 7.61. The number of benzene rings is 1. The number of carbonyl (C=O) groups excluding carboxylic acids is 1. The van der Waals surface area contributed by atoms with E-state index in [0.717, 1.165) is 56.0 Å². The van der Waals surface area contributed by atoms with Crippen molar-refractivity contribution in [3.63, 3.8) is 0 Å². The second-order valence-electron chi connectivity index (χ2n) is 7.61. The zero-order valence-electron chi connectivity index (χ0n) is 15.3. The molecule has 1 saturated heterocycles. The Balaban J connectivity index is 1.39. The van der Waals surface area contributed by atoms with Gasteiger partial charge in [-0.3, -0.25) is 4.79 Å². The van der Waals surface area contributed by atoms with Gasteiger partial charge in [-0.1, -0.05) is 12.1 Å². The Morgan fingerprint density at radius 3 is 2.78 bits per heavy atom. The second kappa shape index (κ2) is 6.83. The van der Waals surface area contributed by atoms with Gasteiger partial charge in [0.1, 0.15) is 5.75 Å². The summed E-state index contributed by atoms with van der Waals surface area (Å²) in [5.41, 5.74) is 0.991. The fraction of sp³-hybridized carbons (Fsp3) is 0.579. The molecule has 1 saturated carbocycles. The molecule has 1 aromatic carbocycles. The minimum absolute atomic E-state index is 0.0935. The molecule has 1 unspecified atom stereocenters. The number of amides is 1. The number of likely N-dealkylation sites (tertiary alicyclic amines) is 1. The van der Waals surface area contributed by atoms with E-state index in [1.54, 1.807) is 0 Å². The molecular weight excluding hydrogens is 344 g/mol. The summed E-state index contributed by atoms with van der Waals surface area (Å²) in [6.45, 7) is 2.76. The highest BCUT2D eigenvalue weighted by Crippen LogP contribution is 2.37. The first-order valence-electron chi connectivity index (χ1n) is 9.86. The summed E-state index contributed by atoms with van der Waals surface area (Å²) >= 11 is 0. The van der Waals surface area contributed by atoms with E-state index in [0.29, 0.717) is 19.1 Å². The van der Waals surface area contributed by atoms with Crippen molar-refractivity contribution >= 4 is 11.6 Å². The quantitative estimate of drug-likeness (QED) is 0.819. The molecule has 8 nitrogen and oxygen atoms in total. The molecule has 0 bridgehead atoms. The Bertz CT molecular complexity index is 827. The molecule has 2 aliphatic heterocycles. The van der Waals surface area contributed by atoms with Crippen molar-refractivity contribution < 1.29 is 9.53 Å². The number of carbonyl (C=O) groups is 1. The predicted octanol–water partition coefficient (Wildman–Crippen LogP) is 1.79. The molecule has 0 radical (unpaired) electrons. The Morgan fingerprint density at radius 2 is 1.96 bits per heavy atom. The molecule has 8 heteroatoms. The highest BCUT2D eigenvalue weighted by atomic mass is 16.5. The number of nitrogens with zero attached hydrogens (tertiary/aromatic N) is 6. The average molecular weight is 368 g/mol. The largest absolute Gasteiger partial charge is 0.477 e. The monoisotopic (exact) mass is 368 g/mol. The SMILES string of the molecule is O=C(C1CN(Cc2nnnn2C2CC2)c2ccccc2O1)N1CCCCC1. The number of hydrogen-bond acceptors (Lipinski definition) is 6. The van der Waals surface area contributed by atoms with Crippen molar-refractivity contribution in [3.8, 4) is 5.75 Å². The molecule has 27 heavy (non-hydrogen) atoms. The van der Waals surface area contributed by atoms with Crippen molar-refractivity contribution in [3.05, 3.63) is 30.1 Å². The predicted molar refractivity (Wildman–Crippen MR) is 98.4 cm³/mol. The first-order chi connectivity index (χ1) is 13.3. The van der Waals surface area contributed by atoms with E-state index in [9.17, 15) is 4.79 Å². The Kier molecular flexibility index (Phi) is 4.18. The number of ether oxygens (including phenoxy) is 1. The van der Waals surface area contributed by atoms with E-state index in [1.807, 2.05) is 33.8 Å². The van der Waals surface area contributed by atoms with Gasteiger partial charge in [-0.2, -0.15) is 0 Å². The van der Waals surface area contributed by atoms with E-state index >= 15 is 0 Å². The van der Waals surface area contributed by atoms with E-state index in [-0.39, 0.29) is 5.91 Å². The lowest BCUT2D eigenvalue weighted by molar-refractivity contribution is -0.139. The van der Waals surface area contributed by atoms with E-state index in [1.165, 1.54) is 6.42 Å². The molecule has 2 fully saturated rings. The van der Waals surface area contributed by atoms with Crippen molar-refractivity contribution in [2.45, 2.75) is 50.8 Å². The standard InChI is InChI=1S/C19H24N6O2/c26-19(23-10-4-1-5-11-23)17-12-24(15-6-2-3-7-16(15)27-17)13-18-20-21-22-25(18)14-8-9-14/h2-3,6-7,14,17H,1,4-5,8-13H2. The fourth-order valence-electron chi connectivity index (χ4n) is 3.99. The van der Waals surface area contributed by atoms with Crippen LogP contribution in [0.4, 0.5) is 5.69 Å². The number of fused-ring (bicyclic) bond motifs is 1. The van der Waals surface area contributed by atoms with Crippen LogP contribution in [0.1, 0.15) is 44.0 Å². The van der Waals surface area contributed by atoms with Gasteiger partial charge in [0.2, 0.25) is 0 Å². The third-order valence-corrected chi connectivity index (χ3v) is 5.59. The van der Waals surface area contributed by atoms with Crippen LogP contribution in [0.3, 0.4) is 0 Å². The van der Waals surface area contributed by atoms with Crippen LogP contribution in [0, 0.1) is 0 Å². The summed E-state index contributed by atoms with van der Waals surface area (Å²) in [7, 11) is 0. The van der Waals surface area contributed by atoms with Crippen LogP contribution in [0.5, 0.6) is 5.75 Å². The van der Waals surface area contributed by atoms with E-state index in [2.05, 4.69) is 20.4 Å². The maximum Gasteiger partial charge on any atom is 0.265 e. The average Bonchev–Trinajstić information content (AvgIpc) is 3.47. The molecule has 1 amide bonds. The summed E-state index contributed by atoms with van der Waals surface area (Å²) in [6, 6.07) is 8.33. The molecule has 142 valence electrons. The van der Waals surface area contributed by atoms with Gasteiger partial charge >= 0.3 is 0 Å². The molecule has 0 spiro atoms. The van der Waals surface area contributed by atoms with Gasteiger partial charge in [-0.05, 0) is 54.7 Å². The Morgan fingerprint density at radius 1 is 1.15 bits per heavy atom. The Hall–Kier alpha value is -2.64. The lowest BCUT2D eigenvalue weighted by Gasteiger charge is -2.38. The van der Waals surface area contributed by atoms with Gasteiger partial charge in [0, 0.05) is 13.1 Å². The van der Waals surface area contributed by atoms with Crippen molar-refractivity contribution in [2.75, 3.05) is 24.5 Å². The number of tetrazole rings is 1. The maximum absolute atomic E-state index is 13.0. The van der Waals surface area contributed by atoms with Gasteiger partial charge in [0.05, 0.1) is 24.8 Å². The minimum atomic E-state index is -0.483. The number of aromatic nitrogens is 4. The van der Waals surface area contributed by atoms with Crippen LogP contribution in [0.2, 0.25) is 0 Å². The van der Waals surface area contributed by atoms with Crippen LogP contribution in [0.25, 0.3) is 0 Å². The maximum atomic E-state index is 13.0. The molecule has 2 aromatic rings. The van der Waals surface area contributed by atoms with Gasteiger partial charge in [-0.25, -0.2) is 4.68 Å². The van der Waals surface area contributed by atoms with Crippen LogP contribution < -0.4 is 9.64 Å². The van der Waals surface area contributed by atoms with Crippen LogP contribution in [-0.2, 0) is 11.3 Å². The van der Waals surface area contributed by atoms with Crippen molar-refractivity contribution in [2.24, 2.45) is 0 Å². The number of hydrogen-bond donors (Lipinski definition) is 0. The Labute approximate surface area is 158 Å². The molecular formula is C19H24N6O2. The number of piperidine rings is 1. The molecule has 1 aromatic heterocycles. The summed E-state index contributed by atoms with van der Waals surface area (Å²) < 4.78 is 8.03. The summed E-state index contributed by atoms with van der Waals surface area (Å²) in [4.78, 5) is 17.2. The van der Waals surface area contributed by atoms with E-state index in [4.69, 9.17) is 4.74 Å². The van der Waals surface area contributed by atoms with Gasteiger partial charge in [-0.15, -0.1) is 5.10 Å². The van der Waals surface area contributed by atoms with Crippen LogP contribution in [-0.4, -0.2) is 56.8 Å². The zero-order valence-corrected chi connectivity index (χ0v) is 15.3. The summed E-state index contributed by atoms with van der Waals surface area (Å²) in [5, 5.41) is 12.2. The third-order valence-electron chi connectivity index (χ3n) is 5.59. The lowest BCUT2D eigenvalue weighted by atomic mass is 10.1. The van der Waals surface area contributed by atoms with Crippen molar-refractivity contribution in [1.29, 1.82) is 0 Å². The lowest BCUT2D eigenvalue weighted by Crippen LogP contribution is -2.51. The molecule has 0 N–H and O–H groups in total. The zero-order chi connectivity index (χ0) is 18.2. The summed E-state index contributed by atoms with van der Waals surface area (Å²) in [5.74, 6) is 1.69. The highest BCUT2D eigenvalue weighted by Gasteiger charge is 2.35. The third kappa shape index (κ3) is 3.24. The first-order valence-corrected chi connectivity index (χ1v) is 9.86.